The van der Waals surface area contributed by atoms with Crippen molar-refractivity contribution in [1.29, 1.82) is 0 Å². The van der Waals surface area contributed by atoms with Gasteiger partial charge in [-0.05, 0) is 25.7 Å². The van der Waals surface area contributed by atoms with Crippen LogP contribution < -0.4 is 0 Å². The van der Waals surface area contributed by atoms with Gasteiger partial charge in [0.25, 0.3) is 22.3 Å². The van der Waals surface area contributed by atoms with Crippen molar-refractivity contribution in [3.05, 3.63) is 0 Å². The lowest BCUT2D eigenvalue weighted by atomic mass is 9.85. The van der Waals surface area contributed by atoms with Gasteiger partial charge < -0.3 is 10.2 Å². The molecule has 5 heteroatoms. The van der Waals surface area contributed by atoms with Crippen molar-refractivity contribution >= 4 is 38.5 Å². The van der Waals surface area contributed by atoms with E-state index in [4.69, 9.17) is 5.11 Å². The molecule has 0 bridgehead atoms. The second-order valence-electron chi connectivity index (χ2n) is 4.36. The molecule has 0 aromatic carbocycles. The highest BCUT2D eigenvalue weighted by Crippen LogP contribution is 2.42. The number of aliphatic hydroxyl groups is 1. The van der Waals surface area contributed by atoms with Crippen molar-refractivity contribution < 1.29 is 15.0 Å². The molecule has 12 heavy (non-hydrogen) atoms. The summed E-state index contributed by atoms with van der Waals surface area (Å²) in [7, 11) is 0. The van der Waals surface area contributed by atoms with E-state index in [0.717, 1.165) is 16.3 Å². The number of hydrogen-bond acceptors (Lipinski definition) is 2. The fourth-order valence-corrected chi connectivity index (χ4v) is 2.55. The third-order valence-electron chi connectivity index (χ3n) is 2.95. The van der Waals surface area contributed by atoms with Crippen LogP contribution in [0.2, 0.25) is 4.28 Å². The summed E-state index contributed by atoms with van der Waals surface area (Å²) in [5, 5.41) is 18.6. The number of carbonyl (C=O) groups is 1. The van der Waals surface area contributed by atoms with Gasteiger partial charge in [-0.15, -0.1) is 0 Å². The molecule has 0 atom stereocenters. The SMILES string of the molecule is O=C(O)[C]1([AlH2])CC[C](O)([AlH2])CC1. The third kappa shape index (κ3) is 2.25. The van der Waals surface area contributed by atoms with E-state index < -0.39 is 14.7 Å². The zero-order chi connectivity index (χ0) is 9.41. The fourth-order valence-electron chi connectivity index (χ4n) is 1.55. The molecule has 1 saturated carbocycles. The van der Waals surface area contributed by atoms with E-state index in [-0.39, 0.29) is 0 Å². The normalized spacial score (nSPS) is 42.4. The minimum atomic E-state index is -0.661. The van der Waals surface area contributed by atoms with E-state index in [1.807, 2.05) is 0 Å². The number of hydrogen-bond donors (Lipinski definition) is 2. The quantitative estimate of drug-likeness (QED) is 0.520. The van der Waals surface area contributed by atoms with Crippen LogP contribution in [0.4, 0.5) is 0 Å². The van der Waals surface area contributed by atoms with Crippen molar-refractivity contribution in [2.45, 2.75) is 34.4 Å². The predicted molar refractivity (Wildman–Crippen MR) is 50.8 cm³/mol. The van der Waals surface area contributed by atoms with Gasteiger partial charge in [-0.1, -0.05) is 0 Å². The van der Waals surface area contributed by atoms with E-state index >= 15 is 0 Å². The molecule has 0 saturated heterocycles. The van der Waals surface area contributed by atoms with Gasteiger partial charge in [0.1, 0.15) is 0 Å². The second-order valence-corrected chi connectivity index (χ2v) is 8.14. The van der Waals surface area contributed by atoms with E-state index in [9.17, 15) is 9.90 Å². The van der Waals surface area contributed by atoms with Crippen LogP contribution in [-0.4, -0.2) is 53.2 Å². The lowest BCUT2D eigenvalue weighted by molar-refractivity contribution is -0.142. The molecule has 3 nitrogen and oxygen atoms in total. The van der Waals surface area contributed by atoms with Crippen LogP contribution in [0.5, 0.6) is 0 Å². The smallest absolute Gasteiger partial charge is 0.295 e. The monoisotopic (exact) mass is 200 g/mol. The zero-order valence-corrected chi connectivity index (χ0v) is 11.6. The van der Waals surface area contributed by atoms with Crippen molar-refractivity contribution in [2.75, 3.05) is 0 Å². The molecule has 0 aromatic heterocycles. The van der Waals surface area contributed by atoms with E-state index in [2.05, 4.69) is 0 Å². The Morgan fingerprint density at radius 3 is 1.92 bits per heavy atom. The van der Waals surface area contributed by atoms with Crippen LogP contribution in [0.15, 0.2) is 0 Å². The van der Waals surface area contributed by atoms with Gasteiger partial charge in [0.15, 0.2) is 0 Å². The Balaban J connectivity index is 2.62. The molecule has 1 rings (SSSR count). The Kier molecular flexibility index (Phi) is 2.94. The maximum Gasteiger partial charge on any atom is 0.295 e. The van der Waals surface area contributed by atoms with Crippen LogP contribution in [0.1, 0.15) is 25.7 Å². The molecular weight excluding hydrogens is 186 g/mol. The molecular formula is C7H14Al2O3. The summed E-state index contributed by atoms with van der Waals surface area (Å²) in [5.41, 5.74) is 0. The number of carboxylic acid groups (broad SMARTS) is 1. The maximum absolute atomic E-state index is 10.9. The largest absolute Gasteiger partial charge is 0.482 e. The molecule has 0 aliphatic heterocycles. The van der Waals surface area contributed by atoms with Gasteiger partial charge in [-0.2, -0.15) is 0 Å². The van der Waals surface area contributed by atoms with Gasteiger partial charge in [0.05, 0.1) is 0 Å². The number of rotatable bonds is 1. The summed E-state index contributed by atoms with van der Waals surface area (Å²) >= 11 is 1.46. The van der Waals surface area contributed by atoms with Crippen molar-refractivity contribution in [1.82, 2.24) is 0 Å². The Morgan fingerprint density at radius 2 is 1.58 bits per heavy atom. The van der Waals surface area contributed by atoms with Gasteiger partial charge in [0, 0.05) is 8.74 Å². The van der Waals surface area contributed by atoms with Crippen LogP contribution in [0.3, 0.4) is 0 Å². The minimum Gasteiger partial charge on any atom is -0.482 e. The van der Waals surface area contributed by atoms with Gasteiger partial charge in [-0.25, -0.2) is 0 Å². The average molecular weight is 200 g/mol. The molecule has 1 aliphatic rings. The molecule has 2 N–H and O–H groups in total. The molecule has 0 radical (unpaired) electrons. The summed E-state index contributed by atoms with van der Waals surface area (Å²) in [4.78, 5) is 10.9. The summed E-state index contributed by atoms with van der Waals surface area (Å²) in [6.45, 7) is 0. The first kappa shape index (κ1) is 10.6. The first-order valence-electron chi connectivity index (χ1n) is 4.32. The summed E-state index contributed by atoms with van der Waals surface area (Å²) in [5.74, 6) is -0.661. The lowest BCUT2D eigenvalue weighted by Gasteiger charge is -2.38. The highest BCUT2D eigenvalue weighted by Gasteiger charge is 2.40. The first-order chi connectivity index (χ1) is 5.36. The van der Waals surface area contributed by atoms with Crippen molar-refractivity contribution in [2.24, 2.45) is 0 Å². The summed E-state index contributed by atoms with van der Waals surface area (Å²) in [6.07, 6.45) is 2.73. The predicted octanol–water partition coefficient (Wildman–Crippen LogP) is -1.24. The Morgan fingerprint density at radius 1 is 1.17 bits per heavy atom. The van der Waals surface area contributed by atoms with Crippen LogP contribution in [-0.2, 0) is 4.79 Å². The molecule has 0 spiro atoms. The molecule has 0 unspecified atom stereocenters. The third-order valence-corrected chi connectivity index (χ3v) is 5.37. The van der Waals surface area contributed by atoms with Crippen molar-refractivity contribution in [3.63, 3.8) is 0 Å². The summed E-state index contributed by atoms with van der Waals surface area (Å²) in [6, 6.07) is 0. The molecule has 66 valence electrons. The van der Waals surface area contributed by atoms with E-state index in [1.54, 1.807) is 0 Å². The van der Waals surface area contributed by atoms with Gasteiger partial charge >= 0.3 is 0 Å². The van der Waals surface area contributed by atoms with Gasteiger partial charge in [-0.3, -0.25) is 4.79 Å². The highest BCUT2D eigenvalue weighted by atomic mass is 27.1. The molecule has 0 heterocycles. The maximum atomic E-state index is 10.9. The lowest BCUT2D eigenvalue weighted by Crippen LogP contribution is -2.39. The first-order valence-corrected chi connectivity index (χ1v) is 6.32. The second kappa shape index (κ2) is 3.33. The zero-order valence-electron chi connectivity index (χ0n) is 7.63. The van der Waals surface area contributed by atoms with Crippen LogP contribution in [0, 0.1) is 0 Å². The molecule has 1 aliphatic carbocycles. The minimum absolute atomic E-state index is 0.448. The van der Waals surface area contributed by atoms with Crippen molar-refractivity contribution in [3.8, 4) is 0 Å². The molecule has 1 fully saturated rings. The highest BCUT2D eigenvalue weighted by molar-refractivity contribution is 6.27. The Bertz CT molecular complexity index is 193. The Labute approximate surface area is 88.0 Å². The van der Waals surface area contributed by atoms with E-state index in [1.165, 1.54) is 0 Å². The summed E-state index contributed by atoms with van der Waals surface area (Å²) < 4.78 is -0.931. The van der Waals surface area contributed by atoms with Gasteiger partial charge in [0.2, 0.25) is 16.3 Å². The fraction of sp³-hybridized carbons (Fsp3) is 0.857. The topological polar surface area (TPSA) is 57.5 Å². The Hall–Kier alpha value is 0.495. The molecule has 0 amide bonds. The number of carboxylic acids is 1. The average Bonchev–Trinajstić information content (AvgIpc) is 1.96. The van der Waals surface area contributed by atoms with Crippen LogP contribution >= 0.6 is 0 Å². The molecule has 0 aromatic rings. The van der Waals surface area contributed by atoms with Crippen LogP contribution in [0.25, 0.3) is 0 Å². The number of aliphatic carboxylic acids is 1. The standard InChI is InChI=1S/C7H10O3.2Al.4H/c8-6-3-1-5(2-4-6)7(9)10;;;;;;/h8H,1-4H2,(H,9,10);;;;;;. The van der Waals surface area contributed by atoms with E-state index in [0.29, 0.717) is 42.0 Å².